The van der Waals surface area contributed by atoms with Crippen molar-refractivity contribution in [1.82, 2.24) is 9.88 Å². The van der Waals surface area contributed by atoms with Crippen LogP contribution in [-0.2, 0) is 0 Å². The summed E-state index contributed by atoms with van der Waals surface area (Å²) in [5, 5.41) is 1.50. The van der Waals surface area contributed by atoms with Crippen LogP contribution in [-0.4, -0.2) is 32.1 Å². The van der Waals surface area contributed by atoms with E-state index in [0.717, 1.165) is 11.6 Å². The van der Waals surface area contributed by atoms with Crippen LogP contribution in [0.25, 0.3) is 11.3 Å². The molecule has 1 atom stereocenters. The molecule has 0 bridgehead atoms. The van der Waals surface area contributed by atoms with Gasteiger partial charge in [-0.15, -0.1) is 0 Å². The van der Waals surface area contributed by atoms with E-state index in [1.54, 1.807) is 0 Å². The van der Waals surface area contributed by atoms with Gasteiger partial charge in [-0.05, 0) is 38.6 Å². The lowest BCUT2D eigenvalue weighted by Gasteiger charge is -2.27. The summed E-state index contributed by atoms with van der Waals surface area (Å²) in [5.74, 6) is 0.754. The van der Waals surface area contributed by atoms with Gasteiger partial charge in [-0.3, -0.25) is 4.98 Å². The standard InChI is InChI=1S/C23H36N2Si/c1-8-18(9-2)17-23(25(3)4)22-12-10-11-21(24-22)19-13-15-20(16-14-19)26(5,6)7/h10-16,18,23H,8-9,17H2,1-7H3. The maximum Gasteiger partial charge on any atom is 0.0775 e. The molecule has 142 valence electrons. The second-order valence-corrected chi connectivity index (χ2v) is 13.8. The normalized spacial score (nSPS) is 13.4. The number of rotatable bonds is 8. The minimum Gasteiger partial charge on any atom is -0.301 e. The van der Waals surface area contributed by atoms with E-state index in [9.17, 15) is 0 Å². The summed E-state index contributed by atoms with van der Waals surface area (Å²) >= 11 is 0. The van der Waals surface area contributed by atoms with Crippen LogP contribution >= 0.6 is 0 Å². The highest BCUT2D eigenvalue weighted by Gasteiger charge is 2.20. The minimum atomic E-state index is -1.25. The van der Waals surface area contributed by atoms with Gasteiger partial charge in [0.2, 0.25) is 0 Å². The Morgan fingerprint density at radius 3 is 2.04 bits per heavy atom. The lowest BCUT2D eigenvalue weighted by molar-refractivity contribution is 0.236. The molecule has 1 unspecified atom stereocenters. The average molecular weight is 369 g/mol. The Morgan fingerprint density at radius 1 is 0.923 bits per heavy atom. The van der Waals surface area contributed by atoms with Gasteiger partial charge in [0.1, 0.15) is 0 Å². The van der Waals surface area contributed by atoms with Crippen LogP contribution in [0.15, 0.2) is 42.5 Å². The van der Waals surface area contributed by atoms with Crippen molar-refractivity contribution in [3.05, 3.63) is 48.2 Å². The van der Waals surface area contributed by atoms with E-state index < -0.39 is 8.07 Å². The maximum absolute atomic E-state index is 5.05. The van der Waals surface area contributed by atoms with Gasteiger partial charge < -0.3 is 4.90 Å². The smallest absolute Gasteiger partial charge is 0.0775 e. The number of benzene rings is 1. The molecule has 0 amide bonds. The first-order chi connectivity index (χ1) is 12.3. The lowest BCUT2D eigenvalue weighted by atomic mass is 9.92. The van der Waals surface area contributed by atoms with Crippen LogP contribution in [0.5, 0.6) is 0 Å². The van der Waals surface area contributed by atoms with E-state index in [2.05, 4.69) is 94.9 Å². The summed E-state index contributed by atoms with van der Waals surface area (Å²) in [5.41, 5.74) is 3.49. The minimum absolute atomic E-state index is 0.376. The Hall–Kier alpha value is -1.45. The molecule has 0 saturated carbocycles. The fourth-order valence-corrected chi connectivity index (χ4v) is 4.64. The van der Waals surface area contributed by atoms with Gasteiger partial charge in [-0.2, -0.15) is 0 Å². The third-order valence-electron chi connectivity index (χ3n) is 5.49. The highest BCUT2D eigenvalue weighted by molar-refractivity contribution is 6.88. The monoisotopic (exact) mass is 368 g/mol. The van der Waals surface area contributed by atoms with Crippen molar-refractivity contribution in [2.75, 3.05) is 14.1 Å². The molecular formula is C23H36N2Si. The summed E-state index contributed by atoms with van der Waals surface area (Å²) in [7, 11) is 3.09. The highest BCUT2D eigenvalue weighted by atomic mass is 28.3. The second kappa shape index (κ2) is 8.96. The number of hydrogen-bond donors (Lipinski definition) is 0. The quantitative estimate of drug-likeness (QED) is 0.554. The van der Waals surface area contributed by atoms with E-state index in [0.29, 0.717) is 6.04 Å². The molecule has 0 fully saturated rings. The number of nitrogens with zero attached hydrogens (tertiary/aromatic N) is 2. The van der Waals surface area contributed by atoms with Crippen LogP contribution < -0.4 is 5.19 Å². The molecule has 3 heteroatoms. The fraction of sp³-hybridized carbons (Fsp3) is 0.522. The highest BCUT2D eigenvalue weighted by Crippen LogP contribution is 2.29. The van der Waals surface area contributed by atoms with Gasteiger partial charge in [-0.25, -0.2) is 0 Å². The summed E-state index contributed by atoms with van der Waals surface area (Å²) in [6, 6.07) is 15.9. The molecule has 2 nitrogen and oxygen atoms in total. The van der Waals surface area contributed by atoms with E-state index in [1.165, 1.54) is 35.7 Å². The van der Waals surface area contributed by atoms with Crippen molar-refractivity contribution in [1.29, 1.82) is 0 Å². The first kappa shape index (κ1) is 20.9. The van der Waals surface area contributed by atoms with E-state index >= 15 is 0 Å². The van der Waals surface area contributed by atoms with Crippen molar-refractivity contribution in [3.8, 4) is 11.3 Å². The number of pyridine rings is 1. The molecule has 1 aromatic heterocycles. The summed E-state index contributed by atoms with van der Waals surface area (Å²) in [4.78, 5) is 7.37. The Labute approximate surface area is 161 Å². The topological polar surface area (TPSA) is 16.1 Å². The molecule has 2 aromatic rings. The Kier molecular flexibility index (Phi) is 7.19. The molecule has 1 aromatic carbocycles. The predicted octanol–water partition coefficient (Wildman–Crippen LogP) is 5.72. The predicted molar refractivity (Wildman–Crippen MR) is 118 cm³/mol. The molecular weight excluding hydrogens is 332 g/mol. The zero-order chi connectivity index (χ0) is 19.3. The van der Waals surface area contributed by atoms with Gasteiger partial charge in [0.15, 0.2) is 0 Å². The first-order valence-electron chi connectivity index (χ1n) is 10.0. The maximum atomic E-state index is 5.05. The molecule has 0 aliphatic rings. The van der Waals surface area contributed by atoms with Crippen molar-refractivity contribution < 1.29 is 0 Å². The lowest BCUT2D eigenvalue weighted by Crippen LogP contribution is -2.37. The van der Waals surface area contributed by atoms with Crippen LogP contribution in [0.4, 0.5) is 0 Å². The van der Waals surface area contributed by atoms with Gasteiger partial charge in [0, 0.05) is 5.56 Å². The van der Waals surface area contributed by atoms with Gasteiger partial charge in [-0.1, -0.05) is 81.8 Å². The van der Waals surface area contributed by atoms with Crippen molar-refractivity contribution in [3.63, 3.8) is 0 Å². The molecule has 0 aliphatic heterocycles. The SMILES string of the molecule is CCC(CC)CC(c1cccc(-c2ccc([Si](C)(C)C)cc2)n1)N(C)C. The van der Waals surface area contributed by atoms with Crippen molar-refractivity contribution in [2.45, 2.75) is 58.8 Å². The summed E-state index contributed by atoms with van der Waals surface area (Å²) in [6.45, 7) is 11.8. The van der Waals surface area contributed by atoms with Crippen LogP contribution in [0.3, 0.4) is 0 Å². The number of hydrogen-bond acceptors (Lipinski definition) is 2. The van der Waals surface area contributed by atoms with Crippen LogP contribution in [0.2, 0.25) is 19.6 Å². The van der Waals surface area contributed by atoms with E-state index in [-0.39, 0.29) is 0 Å². The molecule has 0 spiro atoms. The van der Waals surface area contributed by atoms with Gasteiger partial charge in [0.05, 0.1) is 25.5 Å². The second-order valence-electron chi connectivity index (χ2n) is 8.67. The zero-order valence-corrected chi connectivity index (χ0v) is 18.7. The molecule has 0 radical (unpaired) electrons. The van der Waals surface area contributed by atoms with E-state index in [4.69, 9.17) is 4.98 Å². The molecule has 0 N–H and O–H groups in total. The van der Waals surface area contributed by atoms with E-state index in [1.807, 2.05) is 0 Å². The van der Waals surface area contributed by atoms with Crippen LogP contribution in [0, 0.1) is 5.92 Å². The number of aromatic nitrogens is 1. The largest absolute Gasteiger partial charge is 0.301 e. The molecule has 1 heterocycles. The van der Waals surface area contributed by atoms with Crippen molar-refractivity contribution >= 4 is 13.3 Å². The average Bonchev–Trinajstić information content (AvgIpc) is 2.62. The van der Waals surface area contributed by atoms with Crippen LogP contribution in [0.1, 0.15) is 44.8 Å². The fourth-order valence-electron chi connectivity index (χ4n) is 3.47. The molecule has 0 saturated heterocycles. The van der Waals surface area contributed by atoms with Gasteiger partial charge in [0.25, 0.3) is 0 Å². The molecule has 0 aliphatic carbocycles. The first-order valence-corrected chi connectivity index (χ1v) is 13.5. The van der Waals surface area contributed by atoms with Gasteiger partial charge >= 0.3 is 0 Å². The summed E-state index contributed by atoms with van der Waals surface area (Å²) < 4.78 is 0. The third kappa shape index (κ3) is 5.27. The summed E-state index contributed by atoms with van der Waals surface area (Å²) in [6.07, 6.45) is 3.64. The Morgan fingerprint density at radius 2 is 1.54 bits per heavy atom. The Balaban J connectivity index is 2.30. The van der Waals surface area contributed by atoms with Crippen molar-refractivity contribution in [2.24, 2.45) is 5.92 Å². The Bertz CT molecular complexity index is 682. The zero-order valence-electron chi connectivity index (χ0n) is 17.7. The molecule has 2 rings (SSSR count). The third-order valence-corrected chi connectivity index (χ3v) is 7.56. The molecule has 26 heavy (non-hydrogen) atoms.